The zero-order valence-corrected chi connectivity index (χ0v) is 12.0. The van der Waals surface area contributed by atoms with Gasteiger partial charge in [0, 0.05) is 5.02 Å². The molecule has 0 radical (unpaired) electrons. The first kappa shape index (κ1) is 15.8. The standard InChI is InChI=1S/C13H19ClN2O3/c1-13(2,3)18-12(17)16-8-11(19-15)9-4-6-10(14)7-5-9/h4-7,11H,8,15H2,1-3H3,(H,16,17). The van der Waals surface area contributed by atoms with Gasteiger partial charge in [-0.15, -0.1) is 0 Å². The molecule has 0 aliphatic rings. The number of hydrogen-bond donors (Lipinski definition) is 2. The molecule has 0 fully saturated rings. The van der Waals surface area contributed by atoms with Crippen molar-refractivity contribution in [2.45, 2.75) is 32.5 Å². The lowest BCUT2D eigenvalue weighted by Gasteiger charge is -2.21. The van der Waals surface area contributed by atoms with Crippen molar-refractivity contribution in [3.8, 4) is 0 Å². The molecule has 106 valence electrons. The van der Waals surface area contributed by atoms with Crippen LogP contribution in [0.1, 0.15) is 32.4 Å². The van der Waals surface area contributed by atoms with E-state index in [1.807, 2.05) is 0 Å². The van der Waals surface area contributed by atoms with Crippen LogP contribution in [0.3, 0.4) is 0 Å². The van der Waals surface area contributed by atoms with Crippen molar-refractivity contribution >= 4 is 17.7 Å². The molecule has 0 heterocycles. The summed E-state index contributed by atoms with van der Waals surface area (Å²) in [7, 11) is 0. The van der Waals surface area contributed by atoms with Gasteiger partial charge in [0.05, 0.1) is 6.54 Å². The number of ether oxygens (including phenoxy) is 1. The molecule has 19 heavy (non-hydrogen) atoms. The molecule has 1 amide bonds. The first-order valence-corrected chi connectivity index (χ1v) is 6.27. The average Bonchev–Trinajstić information content (AvgIpc) is 2.29. The second-order valence-corrected chi connectivity index (χ2v) is 5.50. The summed E-state index contributed by atoms with van der Waals surface area (Å²) in [4.78, 5) is 16.4. The van der Waals surface area contributed by atoms with Crippen molar-refractivity contribution in [3.05, 3.63) is 34.9 Å². The number of alkyl carbamates (subject to hydrolysis) is 1. The summed E-state index contributed by atoms with van der Waals surface area (Å²) in [5.41, 5.74) is 0.284. The highest BCUT2D eigenvalue weighted by atomic mass is 35.5. The van der Waals surface area contributed by atoms with Crippen LogP contribution in [-0.4, -0.2) is 18.2 Å². The summed E-state index contributed by atoms with van der Waals surface area (Å²) in [6.45, 7) is 5.60. The summed E-state index contributed by atoms with van der Waals surface area (Å²) >= 11 is 5.80. The summed E-state index contributed by atoms with van der Waals surface area (Å²) in [6.07, 6.45) is -0.965. The minimum atomic E-state index is -0.538. The van der Waals surface area contributed by atoms with Gasteiger partial charge in [-0.1, -0.05) is 23.7 Å². The van der Waals surface area contributed by atoms with Crippen molar-refractivity contribution in [2.24, 2.45) is 5.90 Å². The van der Waals surface area contributed by atoms with Crippen molar-refractivity contribution < 1.29 is 14.4 Å². The Balaban J connectivity index is 2.54. The highest BCUT2D eigenvalue weighted by Crippen LogP contribution is 2.18. The number of benzene rings is 1. The van der Waals surface area contributed by atoms with Gasteiger partial charge in [0.15, 0.2) is 0 Å². The third-order valence-electron chi connectivity index (χ3n) is 2.24. The number of amides is 1. The van der Waals surface area contributed by atoms with Crippen LogP contribution in [0, 0.1) is 0 Å². The van der Waals surface area contributed by atoms with E-state index >= 15 is 0 Å². The number of hydrogen-bond acceptors (Lipinski definition) is 4. The molecular formula is C13H19ClN2O3. The predicted octanol–water partition coefficient (Wildman–Crippen LogP) is 2.80. The fraction of sp³-hybridized carbons (Fsp3) is 0.462. The minimum Gasteiger partial charge on any atom is -0.444 e. The molecule has 5 nitrogen and oxygen atoms in total. The van der Waals surface area contributed by atoms with E-state index in [1.54, 1.807) is 45.0 Å². The Labute approximate surface area is 118 Å². The van der Waals surface area contributed by atoms with Crippen LogP contribution in [-0.2, 0) is 9.57 Å². The van der Waals surface area contributed by atoms with Gasteiger partial charge < -0.3 is 10.1 Å². The Hall–Kier alpha value is -1.30. The van der Waals surface area contributed by atoms with E-state index in [0.717, 1.165) is 5.56 Å². The van der Waals surface area contributed by atoms with Crippen LogP contribution < -0.4 is 11.2 Å². The maximum Gasteiger partial charge on any atom is 0.407 e. The second kappa shape index (κ2) is 6.75. The van der Waals surface area contributed by atoms with E-state index in [2.05, 4.69) is 5.32 Å². The summed E-state index contributed by atoms with van der Waals surface area (Å²) in [5, 5.41) is 3.23. The SMILES string of the molecule is CC(C)(C)OC(=O)NCC(ON)c1ccc(Cl)cc1. The van der Waals surface area contributed by atoms with E-state index in [9.17, 15) is 4.79 Å². The number of carbonyl (C=O) groups is 1. The zero-order chi connectivity index (χ0) is 14.5. The smallest absolute Gasteiger partial charge is 0.407 e. The number of rotatable bonds is 4. The Morgan fingerprint density at radius 1 is 1.37 bits per heavy atom. The molecule has 1 rings (SSSR count). The molecule has 0 aliphatic heterocycles. The van der Waals surface area contributed by atoms with Crippen molar-refractivity contribution in [2.75, 3.05) is 6.54 Å². The quantitative estimate of drug-likeness (QED) is 0.835. The van der Waals surface area contributed by atoms with E-state index in [0.29, 0.717) is 5.02 Å². The van der Waals surface area contributed by atoms with Crippen LogP contribution in [0.25, 0.3) is 0 Å². The maximum absolute atomic E-state index is 11.5. The Morgan fingerprint density at radius 3 is 2.42 bits per heavy atom. The molecule has 1 aromatic rings. The Morgan fingerprint density at radius 2 is 1.95 bits per heavy atom. The van der Waals surface area contributed by atoms with E-state index in [-0.39, 0.29) is 6.54 Å². The molecule has 0 aromatic heterocycles. The lowest BCUT2D eigenvalue weighted by Crippen LogP contribution is -2.35. The van der Waals surface area contributed by atoms with E-state index in [1.165, 1.54) is 0 Å². The maximum atomic E-state index is 11.5. The molecule has 3 N–H and O–H groups in total. The molecule has 1 atom stereocenters. The van der Waals surface area contributed by atoms with Crippen LogP contribution in [0.2, 0.25) is 5.02 Å². The molecule has 0 bridgehead atoms. The van der Waals surface area contributed by atoms with Crippen LogP contribution in [0.5, 0.6) is 0 Å². The summed E-state index contributed by atoms with van der Waals surface area (Å²) in [5.74, 6) is 5.23. The fourth-order valence-corrected chi connectivity index (χ4v) is 1.54. The van der Waals surface area contributed by atoms with Gasteiger partial charge in [-0.2, -0.15) is 0 Å². The molecule has 6 heteroatoms. The van der Waals surface area contributed by atoms with Gasteiger partial charge in [-0.3, -0.25) is 4.84 Å². The monoisotopic (exact) mass is 286 g/mol. The Kier molecular flexibility index (Phi) is 5.60. The van der Waals surface area contributed by atoms with Gasteiger partial charge in [0.25, 0.3) is 0 Å². The number of nitrogens with one attached hydrogen (secondary N) is 1. The zero-order valence-electron chi connectivity index (χ0n) is 11.3. The van der Waals surface area contributed by atoms with Crippen molar-refractivity contribution in [3.63, 3.8) is 0 Å². The molecular weight excluding hydrogens is 268 g/mol. The summed E-state index contributed by atoms with van der Waals surface area (Å²) in [6, 6.07) is 7.04. The normalized spacial score (nSPS) is 12.9. The first-order valence-electron chi connectivity index (χ1n) is 5.89. The molecule has 1 aromatic carbocycles. The number of nitrogens with two attached hydrogens (primary N) is 1. The van der Waals surface area contributed by atoms with Gasteiger partial charge in [-0.25, -0.2) is 10.7 Å². The van der Waals surface area contributed by atoms with E-state index in [4.69, 9.17) is 27.1 Å². The minimum absolute atomic E-state index is 0.215. The van der Waals surface area contributed by atoms with Crippen molar-refractivity contribution in [1.82, 2.24) is 5.32 Å². The Bertz CT molecular complexity index is 415. The number of carbonyl (C=O) groups excluding carboxylic acids is 1. The third-order valence-corrected chi connectivity index (χ3v) is 2.49. The van der Waals surface area contributed by atoms with Gasteiger partial charge in [0.2, 0.25) is 0 Å². The highest BCUT2D eigenvalue weighted by Gasteiger charge is 2.18. The molecule has 0 saturated carbocycles. The van der Waals surface area contributed by atoms with Crippen LogP contribution in [0.4, 0.5) is 4.79 Å². The highest BCUT2D eigenvalue weighted by molar-refractivity contribution is 6.30. The fourth-order valence-electron chi connectivity index (χ4n) is 1.41. The number of halogens is 1. The lowest BCUT2D eigenvalue weighted by molar-refractivity contribution is 0.0341. The van der Waals surface area contributed by atoms with E-state index < -0.39 is 17.8 Å². The van der Waals surface area contributed by atoms with Crippen LogP contribution in [0.15, 0.2) is 24.3 Å². The van der Waals surface area contributed by atoms with Gasteiger partial charge >= 0.3 is 6.09 Å². The molecule has 0 spiro atoms. The average molecular weight is 287 g/mol. The summed E-state index contributed by atoms with van der Waals surface area (Å²) < 4.78 is 5.12. The van der Waals surface area contributed by atoms with Crippen LogP contribution >= 0.6 is 11.6 Å². The van der Waals surface area contributed by atoms with Crippen molar-refractivity contribution in [1.29, 1.82) is 0 Å². The largest absolute Gasteiger partial charge is 0.444 e. The van der Waals surface area contributed by atoms with Gasteiger partial charge in [0.1, 0.15) is 11.7 Å². The first-order chi connectivity index (χ1) is 8.81. The van der Waals surface area contributed by atoms with Gasteiger partial charge in [-0.05, 0) is 38.5 Å². The predicted molar refractivity (Wildman–Crippen MR) is 73.7 cm³/mol. The molecule has 0 saturated heterocycles. The molecule has 0 aliphatic carbocycles. The topological polar surface area (TPSA) is 73.6 Å². The third kappa shape index (κ3) is 5.92. The lowest BCUT2D eigenvalue weighted by atomic mass is 10.1. The second-order valence-electron chi connectivity index (χ2n) is 5.06. The molecule has 1 unspecified atom stereocenters.